The summed E-state index contributed by atoms with van der Waals surface area (Å²) in [5, 5.41) is 11.3. The van der Waals surface area contributed by atoms with Gasteiger partial charge in [-0.05, 0) is 12.3 Å². The summed E-state index contributed by atoms with van der Waals surface area (Å²) in [5.41, 5.74) is 0. The third kappa shape index (κ3) is 2.84. The molecular weight excluding hydrogens is 278 g/mol. The van der Waals surface area contributed by atoms with E-state index >= 15 is 0 Å². The number of carbonyl (C=O) groups excluding carboxylic acids is 3. The van der Waals surface area contributed by atoms with Gasteiger partial charge in [-0.15, -0.1) is 0 Å². The van der Waals surface area contributed by atoms with E-state index in [2.05, 4.69) is 5.32 Å². The zero-order valence-electron chi connectivity index (χ0n) is 12.0. The number of amides is 4. The molecule has 3 unspecified atom stereocenters. The minimum atomic E-state index is -0.933. The zero-order chi connectivity index (χ0) is 15.7. The Morgan fingerprint density at radius 1 is 1.33 bits per heavy atom. The van der Waals surface area contributed by atoms with E-state index in [0.29, 0.717) is 13.0 Å². The molecule has 116 valence electrons. The quantitative estimate of drug-likeness (QED) is 0.668. The highest BCUT2D eigenvalue weighted by Gasteiger charge is 2.42. The Kier molecular flexibility index (Phi) is 4.15. The smallest absolute Gasteiger partial charge is 0.321 e. The number of nitrogens with zero attached hydrogens (tertiary/aromatic N) is 2. The number of carbonyl (C=O) groups is 4. The second-order valence-electron chi connectivity index (χ2n) is 5.57. The summed E-state index contributed by atoms with van der Waals surface area (Å²) in [6.07, 6.45) is 0.399. The molecule has 0 saturated carbocycles. The second-order valence-corrected chi connectivity index (χ2v) is 5.57. The number of aliphatic carboxylic acids is 1. The van der Waals surface area contributed by atoms with Crippen LogP contribution in [0.15, 0.2) is 0 Å². The number of imide groups is 1. The standard InChI is InChI=1S/C13H19N3O5/c1-3-9-11(18)14-10(17)6-16(9)13(21)15-4-7(2)8(5-15)12(19)20/h7-9H,3-6H2,1-2H3,(H,19,20)(H,14,17,18). The van der Waals surface area contributed by atoms with Crippen LogP contribution in [0.5, 0.6) is 0 Å². The van der Waals surface area contributed by atoms with Gasteiger partial charge in [-0.2, -0.15) is 0 Å². The monoisotopic (exact) mass is 297 g/mol. The average Bonchev–Trinajstić information content (AvgIpc) is 2.79. The van der Waals surface area contributed by atoms with E-state index in [-0.39, 0.29) is 19.0 Å². The number of hydrogen-bond donors (Lipinski definition) is 2. The number of hydrogen-bond acceptors (Lipinski definition) is 4. The van der Waals surface area contributed by atoms with Crippen LogP contribution in [0.4, 0.5) is 4.79 Å². The van der Waals surface area contributed by atoms with Crippen LogP contribution in [-0.2, 0) is 14.4 Å². The number of carboxylic acids is 1. The van der Waals surface area contributed by atoms with Gasteiger partial charge in [0, 0.05) is 13.1 Å². The van der Waals surface area contributed by atoms with Gasteiger partial charge < -0.3 is 14.9 Å². The van der Waals surface area contributed by atoms with Crippen molar-refractivity contribution in [2.45, 2.75) is 26.3 Å². The third-order valence-electron chi connectivity index (χ3n) is 4.09. The molecule has 0 radical (unpaired) electrons. The molecule has 21 heavy (non-hydrogen) atoms. The number of rotatable bonds is 2. The van der Waals surface area contributed by atoms with Gasteiger partial charge in [0.2, 0.25) is 11.8 Å². The lowest BCUT2D eigenvalue weighted by molar-refractivity contribution is -0.142. The van der Waals surface area contributed by atoms with Gasteiger partial charge in [0.15, 0.2) is 0 Å². The molecule has 0 aromatic heterocycles. The second kappa shape index (κ2) is 5.71. The van der Waals surface area contributed by atoms with Crippen LogP contribution >= 0.6 is 0 Å². The molecular formula is C13H19N3O5. The summed E-state index contributed by atoms with van der Waals surface area (Å²) < 4.78 is 0. The first-order valence-corrected chi connectivity index (χ1v) is 6.97. The summed E-state index contributed by atoms with van der Waals surface area (Å²) in [5.74, 6) is -2.69. The van der Waals surface area contributed by atoms with Crippen molar-refractivity contribution in [2.75, 3.05) is 19.6 Å². The van der Waals surface area contributed by atoms with E-state index in [1.165, 1.54) is 9.80 Å². The number of piperazine rings is 1. The highest BCUT2D eigenvalue weighted by molar-refractivity contribution is 6.04. The molecule has 2 aliphatic heterocycles. The van der Waals surface area contributed by atoms with E-state index < -0.39 is 35.8 Å². The molecule has 8 heteroatoms. The maximum Gasteiger partial charge on any atom is 0.321 e. The van der Waals surface area contributed by atoms with Crippen LogP contribution in [0.3, 0.4) is 0 Å². The van der Waals surface area contributed by atoms with Crippen LogP contribution in [0.2, 0.25) is 0 Å². The number of carboxylic acid groups (broad SMARTS) is 1. The maximum atomic E-state index is 12.5. The van der Waals surface area contributed by atoms with E-state index in [4.69, 9.17) is 5.11 Å². The van der Waals surface area contributed by atoms with Gasteiger partial charge in [-0.25, -0.2) is 4.79 Å². The topological polar surface area (TPSA) is 107 Å². The Hall–Kier alpha value is -2.12. The van der Waals surface area contributed by atoms with E-state index in [0.717, 1.165) is 0 Å². The van der Waals surface area contributed by atoms with Crippen LogP contribution in [-0.4, -0.2) is 64.4 Å². The molecule has 0 aliphatic carbocycles. The maximum absolute atomic E-state index is 12.5. The Labute approximate surface area is 122 Å². The summed E-state index contributed by atoms with van der Waals surface area (Å²) >= 11 is 0. The predicted octanol–water partition coefficient (Wildman–Crippen LogP) is -0.504. The van der Waals surface area contributed by atoms with E-state index in [1.807, 2.05) is 0 Å². The number of urea groups is 1. The Morgan fingerprint density at radius 2 is 2.00 bits per heavy atom. The molecule has 0 aromatic carbocycles. The predicted molar refractivity (Wildman–Crippen MR) is 71.2 cm³/mol. The molecule has 3 atom stereocenters. The Bertz CT molecular complexity index is 492. The van der Waals surface area contributed by atoms with Crippen molar-refractivity contribution in [3.05, 3.63) is 0 Å². The van der Waals surface area contributed by atoms with Gasteiger partial charge in [0.1, 0.15) is 12.6 Å². The van der Waals surface area contributed by atoms with Crippen LogP contribution < -0.4 is 5.32 Å². The minimum Gasteiger partial charge on any atom is -0.481 e. The lowest BCUT2D eigenvalue weighted by atomic mass is 9.99. The molecule has 2 aliphatic rings. The third-order valence-corrected chi connectivity index (χ3v) is 4.09. The normalized spacial score (nSPS) is 29.5. The fourth-order valence-corrected chi connectivity index (χ4v) is 2.90. The van der Waals surface area contributed by atoms with Crippen LogP contribution in [0.25, 0.3) is 0 Å². The highest BCUT2D eigenvalue weighted by Crippen LogP contribution is 2.25. The molecule has 0 spiro atoms. The fourth-order valence-electron chi connectivity index (χ4n) is 2.90. The molecule has 2 heterocycles. The molecule has 2 fully saturated rings. The molecule has 0 bridgehead atoms. The Balaban J connectivity index is 2.13. The molecule has 8 nitrogen and oxygen atoms in total. The van der Waals surface area contributed by atoms with Crippen LogP contribution in [0, 0.1) is 11.8 Å². The molecule has 2 N–H and O–H groups in total. The first-order chi connectivity index (χ1) is 9.85. The van der Waals surface area contributed by atoms with Crippen molar-refractivity contribution in [2.24, 2.45) is 11.8 Å². The van der Waals surface area contributed by atoms with E-state index in [1.54, 1.807) is 13.8 Å². The van der Waals surface area contributed by atoms with Crippen molar-refractivity contribution in [3.8, 4) is 0 Å². The number of nitrogens with one attached hydrogen (secondary N) is 1. The lowest BCUT2D eigenvalue weighted by Crippen LogP contribution is -2.61. The zero-order valence-corrected chi connectivity index (χ0v) is 12.0. The summed E-state index contributed by atoms with van der Waals surface area (Å²) in [7, 11) is 0. The van der Waals surface area contributed by atoms with E-state index in [9.17, 15) is 19.2 Å². The van der Waals surface area contributed by atoms with Crippen LogP contribution in [0.1, 0.15) is 20.3 Å². The molecule has 0 aromatic rings. The summed E-state index contributed by atoms with van der Waals surface area (Å²) in [6, 6.07) is -1.13. The van der Waals surface area contributed by atoms with Crippen molar-refractivity contribution in [1.29, 1.82) is 0 Å². The van der Waals surface area contributed by atoms with Gasteiger partial charge in [-0.1, -0.05) is 13.8 Å². The SMILES string of the molecule is CCC1C(=O)NC(=O)CN1C(=O)N1CC(C)C(C(=O)O)C1. The van der Waals surface area contributed by atoms with Crippen molar-refractivity contribution >= 4 is 23.8 Å². The number of likely N-dealkylation sites (tertiary alicyclic amines) is 1. The summed E-state index contributed by atoms with van der Waals surface area (Å²) in [6.45, 7) is 3.78. The van der Waals surface area contributed by atoms with Gasteiger partial charge >= 0.3 is 12.0 Å². The molecule has 4 amide bonds. The average molecular weight is 297 g/mol. The van der Waals surface area contributed by atoms with Gasteiger partial charge in [0.25, 0.3) is 0 Å². The first kappa shape index (κ1) is 15.3. The van der Waals surface area contributed by atoms with Gasteiger partial charge in [-0.3, -0.25) is 19.7 Å². The lowest BCUT2D eigenvalue weighted by Gasteiger charge is -2.36. The minimum absolute atomic E-state index is 0.109. The first-order valence-electron chi connectivity index (χ1n) is 6.97. The van der Waals surface area contributed by atoms with Crippen molar-refractivity contribution in [1.82, 2.24) is 15.1 Å². The fraction of sp³-hybridized carbons (Fsp3) is 0.692. The highest BCUT2D eigenvalue weighted by atomic mass is 16.4. The van der Waals surface area contributed by atoms with Crippen molar-refractivity contribution in [3.63, 3.8) is 0 Å². The molecule has 2 rings (SSSR count). The summed E-state index contributed by atoms with van der Waals surface area (Å²) in [4.78, 5) is 49.5. The molecule has 2 saturated heterocycles. The van der Waals surface area contributed by atoms with Crippen molar-refractivity contribution < 1.29 is 24.3 Å². The van der Waals surface area contributed by atoms with Gasteiger partial charge in [0.05, 0.1) is 5.92 Å². The Morgan fingerprint density at radius 3 is 2.52 bits per heavy atom. The largest absolute Gasteiger partial charge is 0.481 e.